The molecule has 0 bridgehead atoms. The van der Waals surface area contributed by atoms with Crippen LogP contribution >= 0.6 is 0 Å². The maximum absolute atomic E-state index is 13.2. The van der Waals surface area contributed by atoms with Crippen molar-refractivity contribution in [2.45, 2.75) is 39.7 Å². The fourth-order valence-electron chi connectivity index (χ4n) is 4.07. The average molecular weight is 385 g/mol. The summed E-state index contributed by atoms with van der Waals surface area (Å²) in [6.07, 6.45) is 3.62. The number of piperidine rings is 1. The molecule has 1 saturated heterocycles. The van der Waals surface area contributed by atoms with Gasteiger partial charge in [-0.15, -0.1) is 0 Å². The lowest BCUT2D eigenvalue weighted by Gasteiger charge is -2.26. The predicted molar refractivity (Wildman–Crippen MR) is 107 cm³/mol. The van der Waals surface area contributed by atoms with Gasteiger partial charge in [0.15, 0.2) is 11.2 Å². The Bertz CT molecular complexity index is 1140. The van der Waals surface area contributed by atoms with Crippen molar-refractivity contribution in [1.82, 2.24) is 33.4 Å². The predicted octanol–water partition coefficient (Wildman–Crippen LogP) is 0.722. The number of fused-ring (bicyclic) bond motifs is 1. The topological polar surface area (TPSA) is 82.9 Å². The Morgan fingerprint density at radius 1 is 1.00 bits per heavy atom. The lowest BCUT2D eigenvalue weighted by Crippen LogP contribution is -2.43. The number of hydrogen-bond acceptors (Lipinski definition) is 5. The molecular formula is C19H27N7O2. The SMILES string of the molecule is Cc1cc(C)n(-c2nc3c(c(=O)n(CCN4CCCCC4)c(=O)n3C)n2C)n1. The third-order valence-electron chi connectivity index (χ3n) is 5.62. The Hall–Kier alpha value is -2.68. The second kappa shape index (κ2) is 7.05. The smallest absolute Gasteiger partial charge is 0.306 e. The maximum atomic E-state index is 13.2. The molecule has 3 aromatic rings. The van der Waals surface area contributed by atoms with E-state index >= 15 is 0 Å². The lowest BCUT2D eigenvalue weighted by molar-refractivity contribution is 0.218. The van der Waals surface area contributed by atoms with Crippen LogP contribution in [0.1, 0.15) is 30.7 Å². The molecule has 1 aliphatic heterocycles. The minimum atomic E-state index is -0.326. The number of likely N-dealkylation sites (tertiary alicyclic amines) is 1. The average Bonchev–Trinajstić information content (AvgIpc) is 3.19. The molecule has 0 N–H and O–H groups in total. The molecule has 4 rings (SSSR count). The van der Waals surface area contributed by atoms with E-state index in [0.717, 1.165) is 24.5 Å². The normalized spacial score (nSPS) is 15.6. The van der Waals surface area contributed by atoms with Crippen molar-refractivity contribution in [3.05, 3.63) is 38.3 Å². The Balaban J connectivity index is 1.80. The first kappa shape index (κ1) is 18.7. The minimum Gasteiger partial charge on any atom is -0.306 e. The molecule has 0 saturated carbocycles. The summed E-state index contributed by atoms with van der Waals surface area (Å²) in [5.41, 5.74) is 1.98. The van der Waals surface area contributed by atoms with Gasteiger partial charge in [-0.25, -0.2) is 9.48 Å². The van der Waals surface area contributed by atoms with E-state index in [4.69, 9.17) is 0 Å². The quantitative estimate of drug-likeness (QED) is 0.661. The van der Waals surface area contributed by atoms with Crippen molar-refractivity contribution >= 4 is 11.2 Å². The second-order valence-electron chi connectivity index (χ2n) is 7.68. The highest BCUT2D eigenvalue weighted by atomic mass is 16.2. The van der Waals surface area contributed by atoms with Crippen LogP contribution in [0.5, 0.6) is 0 Å². The van der Waals surface area contributed by atoms with E-state index in [0.29, 0.717) is 30.2 Å². The van der Waals surface area contributed by atoms with E-state index < -0.39 is 0 Å². The van der Waals surface area contributed by atoms with Gasteiger partial charge in [-0.2, -0.15) is 10.1 Å². The molecule has 0 atom stereocenters. The molecule has 9 nitrogen and oxygen atoms in total. The first-order valence-electron chi connectivity index (χ1n) is 9.80. The standard InChI is InChI=1S/C19H27N7O2/c1-13-12-14(2)26(21-13)18-20-16-15(22(18)3)17(27)25(19(28)23(16)4)11-10-24-8-6-5-7-9-24/h12H,5-11H2,1-4H3. The van der Waals surface area contributed by atoms with Crippen molar-refractivity contribution in [3.8, 4) is 5.95 Å². The number of aromatic nitrogens is 6. The highest BCUT2D eigenvalue weighted by Gasteiger charge is 2.21. The molecular weight excluding hydrogens is 358 g/mol. The number of imidazole rings is 1. The van der Waals surface area contributed by atoms with Gasteiger partial charge in [0, 0.05) is 32.9 Å². The summed E-state index contributed by atoms with van der Waals surface area (Å²) in [6, 6.07) is 1.95. The van der Waals surface area contributed by atoms with E-state index in [2.05, 4.69) is 15.0 Å². The second-order valence-corrected chi connectivity index (χ2v) is 7.68. The lowest BCUT2D eigenvalue weighted by atomic mass is 10.1. The number of aryl methyl sites for hydroxylation is 4. The fourth-order valence-corrected chi connectivity index (χ4v) is 4.07. The van der Waals surface area contributed by atoms with E-state index in [1.807, 2.05) is 19.9 Å². The Morgan fingerprint density at radius 2 is 1.71 bits per heavy atom. The monoisotopic (exact) mass is 385 g/mol. The van der Waals surface area contributed by atoms with Crippen molar-refractivity contribution in [1.29, 1.82) is 0 Å². The third kappa shape index (κ3) is 2.99. The van der Waals surface area contributed by atoms with Gasteiger partial charge in [-0.05, 0) is 45.8 Å². The zero-order chi connectivity index (χ0) is 20.0. The summed E-state index contributed by atoms with van der Waals surface area (Å²) in [6.45, 7) is 7.02. The van der Waals surface area contributed by atoms with Crippen LogP contribution in [0.2, 0.25) is 0 Å². The molecule has 4 heterocycles. The third-order valence-corrected chi connectivity index (χ3v) is 5.62. The first-order chi connectivity index (χ1) is 13.4. The summed E-state index contributed by atoms with van der Waals surface area (Å²) in [5, 5.41) is 4.47. The van der Waals surface area contributed by atoms with Crippen LogP contribution in [0.4, 0.5) is 0 Å². The molecule has 0 aromatic carbocycles. The zero-order valence-corrected chi connectivity index (χ0v) is 17.0. The first-order valence-corrected chi connectivity index (χ1v) is 9.80. The molecule has 0 amide bonds. The van der Waals surface area contributed by atoms with Crippen molar-refractivity contribution in [3.63, 3.8) is 0 Å². The summed E-state index contributed by atoms with van der Waals surface area (Å²) in [7, 11) is 3.46. The van der Waals surface area contributed by atoms with Gasteiger partial charge in [0.25, 0.3) is 5.56 Å². The van der Waals surface area contributed by atoms with Crippen LogP contribution in [-0.2, 0) is 20.6 Å². The molecule has 1 fully saturated rings. The molecule has 0 aliphatic carbocycles. The van der Waals surface area contributed by atoms with E-state index in [1.165, 1.54) is 28.4 Å². The highest BCUT2D eigenvalue weighted by molar-refractivity contribution is 5.72. The molecule has 150 valence electrons. The van der Waals surface area contributed by atoms with Crippen LogP contribution in [0.25, 0.3) is 17.1 Å². The highest BCUT2D eigenvalue weighted by Crippen LogP contribution is 2.15. The molecule has 0 spiro atoms. The van der Waals surface area contributed by atoms with Crippen LogP contribution in [0.15, 0.2) is 15.7 Å². The number of rotatable bonds is 4. The number of hydrogen-bond donors (Lipinski definition) is 0. The molecule has 9 heteroatoms. The van der Waals surface area contributed by atoms with Crippen LogP contribution < -0.4 is 11.2 Å². The molecule has 0 unspecified atom stereocenters. The van der Waals surface area contributed by atoms with Gasteiger partial charge in [-0.1, -0.05) is 6.42 Å². The molecule has 0 radical (unpaired) electrons. The van der Waals surface area contributed by atoms with Gasteiger partial charge in [0.1, 0.15) is 0 Å². The van der Waals surface area contributed by atoms with Crippen molar-refractivity contribution in [2.24, 2.45) is 14.1 Å². The largest absolute Gasteiger partial charge is 0.332 e. The van der Waals surface area contributed by atoms with Crippen LogP contribution in [0, 0.1) is 13.8 Å². The molecule has 28 heavy (non-hydrogen) atoms. The zero-order valence-electron chi connectivity index (χ0n) is 17.0. The van der Waals surface area contributed by atoms with Crippen LogP contribution in [0.3, 0.4) is 0 Å². The van der Waals surface area contributed by atoms with Crippen molar-refractivity contribution < 1.29 is 0 Å². The van der Waals surface area contributed by atoms with Crippen molar-refractivity contribution in [2.75, 3.05) is 19.6 Å². The summed E-state index contributed by atoms with van der Waals surface area (Å²) >= 11 is 0. The maximum Gasteiger partial charge on any atom is 0.332 e. The van der Waals surface area contributed by atoms with E-state index in [-0.39, 0.29) is 11.2 Å². The van der Waals surface area contributed by atoms with Gasteiger partial charge in [-0.3, -0.25) is 13.9 Å². The molecule has 1 aliphatic rings. The summed E-state index contributed by atoms with van der Waals surface area (Å²) in [4.78, 5) is 32.9. The summed E-state index contributed by atoms with van der Waals surface area (Å²) < 4.78 is 6.23. The Labute approximate surface area is 162 Å². The number of nitrogens with zero attached hydrogens (tertiary/aromatic N) is 7. The summed E-state index contributed by atoms with van der Waals surface area (Å²) in [5.74, 6) is 0.529. The van der Waals surface area contributed by atoms with E-state index in [1.54, 1.807) is 23.3 Å². The van der Waals surface area contributed by atoms with Gasteiger partial charge < -0.3 is 9.47 Å². The van der Waals surface area contributed by atoms with Gasteiger partial charge >= 0.3 is 5.69 Å². The van der Waals surface area contributed by atoms with Gasteiger partial charge in [0.2, 0.25) is 5.95 Å². The Kier molecular flexibility index (Phi) is 4.70. The van der Waals surface area contributed by atoms with Gasteiger partial charge in [0.05, 0.1) is 5.69 Å². The van der Waals surface area contributed by atoms with E-state index in [9.17, 15) is 9.59 Å². The minimum absolute atomic E-state index is 0.294. The van der Waals surface area contributed by atoms with Crippen LogP contribution in [-0.4, -0.2) is 53.0 Å². The Morgan fingerprint density at radius 3 is 2.36 bits per heavy atom. The fraction of sp³-hybridized carbons (Fsp3) is 0.579. The molecule has 3 aromatic heterocycles.